The lowest BCUT2D eigenvalue weighted by Gasteiger charge is -2.09. The van der Waals surface area contributed by atoms with Crippen molar-refractivity contribution in [3.05, 3.63) is 24.3 Å². The third kappa shape index (κ3) is 1.48. The molecule has 0 spiro atoms. The van der Waals surface area contributed by atoms with Crippen LogP contribution in [0.5, 0.6) is 0 Å². The van der Waals surface area contributed by atoms with Gasteiger partial charge in [-0.1, -0.05) is 6.92 Å². The molecule has 0 aromatic carbocycles. The summed E-state index contributed by atoms with van der Waals surface area (Å²) in [6, 6.07) is 2.21. The van der Waals surface area contributed by atoms with Crippen molar-refractivity contribution >= 4 is 11.0 Å². The van der Waals surface area contributed by atoms with Crippen LogP contribution < -0.4 is 5.32 Å². The summed E-state index contributed by atoms with van der Waals surface area (Å²) < 4.78 is 0. The topological polar surface area (TPSA) is 53.6 Å². The van der Waals surface area contributed by atoms with Gasteiger partial charge in [0.2, 0.25) is 0 Å². The number of hydrogen-bond donors (Lipinski definition) is 2. The lowest BCUT2D eigenvalue weighted by atomic mass is 10.2. The minimum atomic E-state index is 0.294. The van der Waals surface area contributed by atoms with E-state index in [-0.39, 0.29) is 0 Å². The number of aromatic nitrogens is 3. The van der Waals surface area contributed by atoms with Crippen LogP contribution in [-0.4, -0.2) is 22.0 Å². The standard InChI is InChI=1S/C10H14N4/c1-3-7(11-2)10-13-8-4-5-12-6-9(8)14-10/h4-7,11H,3H2,1-2H3,(H,13,14). The molecule has 1 unspecified atom stereocenters. The zero-order valence-electron chi connectivity index (χ0n) is 8.41. The second kappa shape index (κ2) is 3.75. The van der Waals surface area contributed by atoms with Gasteiger partial charge in [-0.2, -0.15) is 0 Å². The third-order valence-electron chi connectivity index (χ3n) is 2.39. The molecule has 0 bridgehead atoms. The van der Waals surface area contributed by atoms with Crippen molar-refractivity contribution in [1.82, 2.24) is 20.3 Å². The maximum atomic E-state index is 4.50. The highest BCUT2D eigenvalue weighted by Gasteiger charge is 2.10. The van der Waals surface area contributed by atoms with Crippen molar-refractivity contribution in [1.29, 1.82) is 0 Å². The predicted molar refractivity (Wildman–Crippen MR) is 56.0 cm³/mol. The van der Waals surface area contributed by atoms with Crippen molar-refractivity contribution in [3.63, 3.8) is 0 Å². The molecule has 2 aromatic heterocycles. The molecule has 4 heteroatoms. The van der Waals surface area contributed by atoms with Gasteiger partial charge >= 0.3 is 0 Å². The van der Waals surface area contributed by atoms with Crippen LogP contribution in [0.3, 0.4) is 0 Å². The molecule has 0 saturated heterocycles. The fraction of sp³-hybridized carbons (Fsp3) is 0.400. The van der Waals surface area contributed by atoms with Crippen LogP contribution in [0.1, 0.15) is 25.2 Å². The Labute approximate surface area is 82.8 Å². The molecule has 0 aliphatic heterocycles. The number of pyridine rings is 1. The molecule has 2 heterocycles. The van der Waals surface area contributed by atoms with Gasteiger partial charge < -0.3 is 10.3 Å². The Kier molecular flexibility index (Phi) is 2.45. The van der Waals surface area contributed by atoms with Gasteiger partial charge in [0.1, 0.15) is 5.82 Å². The predicted octanol–water partition coefficient (Wildman–Crippen LogP) is 1.63. The lowest BCUT2D eigenvalue weighted by molar-refractivity contribution is 0.551. The Hall–Kier alpha value is -1.42. The van der Waals surface area contributed by atoms with Gasteiger partial charge in [0.15, 0.2) is 0 Å². The number of rotatable bonds is 3. The summed E-state index contributed by atoms with van der Waals surface area (Å²) in [5, 5.41) is 3.21. The molecule has 4 nitrogen and oxygen atoms in total. The maximum absolute atomic E-state index is 4.50. The minimum Gasteiger partial charge on any atom is -0.339 e. The summed E-state index contributed by atoms with van der Waals surface area (Å²) >= 11 is 0. The summed E-state index contributed by atoms with van der Waals surface area (Å²) in [5.74, 6) is 0.984. The van der Waals surface area contributed by atoms with Gasteiger partial charge in [-0.25, -0.2) is 4.98 Å². The number of nitrogens with zero attached hydrogens (tertiary/aromatic N) is 2. The normalized spacial score (nSPS) is 13.3. The number of H-pyrrole nitrogens is 1. The number of nitrogens with one attached hydrogen (secondary N) is 2. The fourth-order valence-electron chi connectivity index (χ4n) is 1.58. The molecule has 2 aromatic rings. The monoisotopic (exact) mass is 190 g/mol. The van der Waals surface area contributed by atoms with Crippen LogP contribution in [0.2, 0.25) is 0 Å². The highest BCUT2D eigenvalue weighted by molar-refractivity contribution is 5.73. The first-order valence-electron chi connectivity index (χ1n) is 4.82. The van der Waals surface area contributed by atoms with E-state index >= 15 is 0 Å². The van der Waals surface area contributed by atoms with E-state index in [1.165, 1.54) is 0 Å². The van der Waals surface area contributed by atoms with Crippen LogP contribution in [0.15, 0.2) is 18.5 Å². The van der Waals surface area contributed by atoms with Gasteiger partial charge in [-0.15, -0.1) is 0 Å². The second-order valence-corrected chi connectivity index (χ2v) is 3.26. The van der Waals surface area contributed by atoms with Crippen molar-refractivity contribution in [2.24, 2.45) is 0 Å². The average Bonchev–Trinajstić information content (AvgIpc) is 2.63. The summed E-state index contributed by atoms with van der Waals surface area (Å²) in [4.78, 5) is 11.8. The lowest BCUT2D eigenvalue weighted by Crippen LogP contribution is -2.16. The van der Waals surface area contributed by atoms with Gasteiger partial charge in [0, 0.05) is 6.20 Å². The van der Waals surface area contributed by atoms with E-state index in [2.05, 4.69) is 27.2 Å². The van der Waals surface area contributed by atoms with Crippen molar-refractivity contribution in [2.75, 3.05) is 7.05 Å². The van der Waals surface area contributed by atoms with Crippen molar-refractivity contribution in [3.8, 4) is 0 Å². The SMILES string of the molecule is CCC(NC)c1nc2ccncc2[nH]1. The van der Waals surface area contributed by atoms with Gasteiger partial charge in [0.25, 0.3) is 0 Å². The highest BCUT2D eigenvalue weighted by Crippen LogP contribution is 2.16. The molecule has 74 valence electrons. The average molecular weight is 190 g/mol. The molecule has 0 aliphatic carbocycles. The van der Waals surface area contributed by atoms with Crippen LogP contribution in [0, 0.1) is 0 Å². The van der Waals surface area contributed by atoms with E-state index in [0.29, 0.717) is 6.04 Å². The quantitative estimate of drug-likeness (QED) is 0.773. The summed E-state index contributed by atoms with van der Waals surface area (Å²) in [5.41, 5.74) is 1.97. The van der Waals surface area contributed by atoms with Gasteiger partial charge in [-0.3, -0.25) is 4.98 Å². The molecular weight excluding hydrogens is 176 g/mol. The number of aromatic amines is 1. The number of hydrogen-bond acceptors (Lipinski definition) is 3. The molecule has 2 N–H and O–H groups in total. The molecule has 2 rings (SSSR count). The first-order chi connectivity index (χ1) is 6.85. The Morgan fingerprint density at radius 2 is 2.43 bits per heavy atom. The van der Waals surface area contributed by atoms with E-state index in [1.54, 1.807) is 12.4 Å². The molecule has 1 atom stereocenters. The highest BCUT2D eigenvalue weighted by atomic mass is 15.0. The maximum Gasteiger partial charge on any atom is 0.124 e. The second-order valence-electron chi connectivity index (χ2n) is 3.26. The summed E-state index contributed by atoms with van der Waals surface area (Å²) in [6.45, 7) is 2.13. The summed E-state index contributed by atoms with van der Waals surface area (Å²) in [6.07, 6.45) is 4.57. The summed E-state index contributed by atoms with van der Waals surface area (Å²) in [7, 11) is 1.94. The van der Waals surface area contributed by atoms with Crippen molar-refractivity contribution in [2.45, 2.75) is 19.4 Å². The zero-order chi connectivity index (χ0) is 9.97. The van der Waals surface area contributed by atoms with Crippen LogP contribution in [-0.2, 0) is 0 Å². The molecule has 0 amide bonds. The molecular formula is C10H14N4. The van der Waals surface area contributed by atoms with Gasteiger partial charge in [-0.05, 0) is 19.5 Å². The third-order valence-corrected chi connectivity index (χ3v) is 2.39. The Bertz CT molecular complexity index is 384. The van der Waals surface area contributed by atoms with Crippen LogP contribution in [0.25, 0.3) is 11.0 Å². The van der Waals surface area contributed by atoms with Crippen molar-refractivity contribution < 1.29 is 0 Å². The molecule has 0 fully saturated rings. The number of imidazole rings is 1. The van der Waals surface area contributed by atoms with Crippen LogP contribution in [0.4, 0.5) is 0 Å². The Morgan fingerprint density at radius 3 is 3.07 bits per heavy atom. The zero-order valence-corrected chi connectivity index (χ0v) is 8.41. The van der Waals surface area contributed by atoms with E-state index in [4.69, 9.17) is 0 Å². The molecule has 0 radical (unpaired) electrons. The largest absolute Gasteiger partial charge is 0.339 e. The minimum absolute atomic E-state index is 0.294. The first-order valence-corrected chi connectivity index (χ1v) is 4.82. The van der Waals surface area contributed by atoms with E-state index in [0.717, 1.165) is 23.3 Å². The van der Waals surface area contributed by atoms with E-state index in [1.807, 2.05) is 13.1 Å². The Morgan fingerprint density at radius 1 is 1.57 bits per heavy atom. The number of fused-ring (bicyclic) bond motifs is 1. The van der Waals surface area contributed by atoms with Crippen LogP contribution >= 0.6 is 0 Å². The van der Waals surface area contributed by atoms with E-state index < -0.39 is 0 Å². The molecule has 14 heavy (non-hydrogen) atoms. The van der Waals surface area contributed by atoms with Gasteiger partial charge in [0.05, 0.1) is 23.3 Å². The Balaban J connectivity index is 2.43. The first kappa shape index (κ1) is 9.15. The van der Waals surface area contributed by atoms with E-state index in [9.17, 15) is 0 Å². The smallest absolute Gasteiger partial charge is 0.124 e. The molecule has 0 saturated carbocycles. The fourth-order valence-corrected chi connectivity index (χ4v) is 1.58. The molecule has 0 aliphatic rings.